The van der Waals surface area contributed by atoms with Crippen LogP contribution in [0.5, 0.6) is 11.5 Å². The average Bonchev–Trinajstić information content (AvgIpc) is 3.48. The van der Waals surface area contributed by atoms with Crippen molar-refractivity contribution in [1.29, 1.82) is 0 Å². The minimum absolute atomic E-state index is 0.0344. The number of nitrogens with zero attached hydrogens (tertiary/aromatic N) is 3. The Morgan fingerprint density at radius 2 is 1.74 bits per heavy atom. The fraction of sp³-hybridized carbons (Fsp3) is 0.296. The van der Waals surface area contributed by atoms with Crippen LogP contribution in [-0.2, 0) is 13.1 Å². The van der Waals surface area contributed by atoms with Crippen LogP contribution in [0, 0.1) is 0 Å². The molecule has 2 saturated heterocycles. The van der Waals surface area contributed by atoms with Crippen LogP contribution >= 0.6 is 0 Å². The summed E-state index contributed by atoms with van der Waals surface area (Å²) in [5.74, 6) is -0.382. The Labute approximate surface area is 202 Å². The number of amides is 2. The molecule has 2 fully saturated rings. The first-order valence-electron chi connectivity index (χ1n) is 12.0. The van der Waals surface area contributed by atoms with E-state index in [4.69, 9.17) is 4.74 Å². The molecule has 2 atom stereocenters. The molecular formula is C27H26N4O4. The highest BCUT2D eigenvalue weighted by atomic mass is 16.5. The number of carbonyl (C=O) groups is 2. The third-order valence-electron chi connectivity index (χ3n) is 7.14. The van der Waals surface area contributed by atoms with E-state index in [1.165, 1.54) is 6.20 Å². The molecule has 8 nitrogen and oxygen atoms in total. The summed E-state index contributed by atoms with van der Waals surface area (Å²) in [5, 5.41) is 2.83. The lowest BCUT2D eigenvalue weighted by atomic mass is 10.1. The van der Waals surface area contributed by atoms with E-state index < -0.39 is 11.3 Å². The Morgan fingerprint density at radius 3 is 2.51 bits per heavy atom. The van der Waals surface area contributed by atoms with Crippen LogP contribution in [0.1, 0.15) is 39.3 Å². The zero-order chi connectivity index (χ0) is 23.9. The van der Waals surface area contributed by atoms with E-state index in [9.17, 15) is 14.4 Å². The van der Waals surface area contributed by atoms with Crippen molar-refractivity contribution >= 4 is 11.8 Å². The molecule has 0 bridgehead atoms. The van der Waals surface area contributed by atoms with Crippen molar-refractivity contribution in [2.24, 2.45) is 0 Å². The lowest BCUT2D eigenvalue weighted by Crippen LogP contribution is -2.50. The van der Waals surface area contributed by atoms with Gasteiger partial charge in [0.1, 0.15) is 17.5 Å². The van der Waals surface area contributed by atoms with Crippen LogP contribution in [0.25, 0.3) is 0 Å². The molecule has 1 N–H and O–H groups in total. The average molecular weight is 471 g/mol. The summed E-state index contributed by atoms with van der Waals surface area (Å²) in [6.07, 6.45) is 3.63. The summed E-state index contributed by atoms with van der Waals surface area (Å²) in [6.45, 7) is 2.39. The molecule has 3 aliphatic rings. The van der Waals surface area contributed by atoms with Gasteiger partial charge < -0.3 is 19.5 Å². The van der Waals surface area contributed by atoms with E-state index in [0.717, 1.165) is 24.9 Å². The molecule has 1 aromatic heterocycles. The predicted molar refractivity (Wildman–Crippen MR) is 129 cm³/mol. The monoisotopic (exact) mass is 470 g/mol. The second kappa shape index (κ2) is 8.70. The maximum absolute atomic E-state index is 13.6. The first-order valence-corrected chi connectivity index (χ1v) is 12.0. The highest BCUT2D eigenvalue weighted by Crippen LogP contribution is 2.36. The number of para-hydroxylation sites is 1. The number of benzene rings is 2. The van der Waals surface area contributed by atoms with E-state index in [2.05, 4.69) is 10.2 Å². The number of nitrogens with one attached hydrogen (secondary N) is 1. The minimum Gasteiger partial charge on any atom is -0.451 e. The zero-order valence-electron chi connectivity index (χ0n) is 19.2. The lowest BCUT2D eigenvalue weighted by molar-refractivity contribution is 0.0514. The number of fused-ring (bicyclic) bond motifs is 4. The van der Waals surface area contributed by atoms with Gasteiger partial charge in [-0.15, -0.1) is 0 Å². The SMILES string of the molecule is O=C(NCc1ccccc1)c1cn2c(c(Oc3ccccc3)c1=O)C(=O)N1C[C@@H]3CCCN3[C@H]1C2. The van der Waals surface area contributed by atoms with Crippen LogP contribution in [0.15, 0.2) is 71.7 Å². The molecule has 6 rings (SSSR count). The molecule has 0 spiro atoms. The normalized spacial score (nSPS) is 20.8. The maximum Gasteiger partial charge on any atom is 0.275 e. The van der Waals surface area contributed by atoms with Crippen LogP contribution in [0.4, 0.5) is 0 Å². The Hall–Kier alpha value is -3.91. The van der Waals surface area contributed by atoms with Crippen LogP contribution in [0.2, 0.25) is 0 Å². The summed E-state index contributed by atoms with van der Waals surface area (Å²) < 4.78 is 7.74. The molecule has 0 unspecified atom stereocenters. The molecule has 2 aromatic carbocycles. The topological polar surface area (TPSA) is 83.9 Å². The van der Waals surface area contributed by atoms with Gasteiger partial charge in [-0.1, -0.05) is 48.5 Å². The number of pyridine rings is 1. The molecule has 0 radical (unpaired) electrons. The fourth-order valence-electron chi connectivity index (χ4n) is 5.45. The van der Waals surface area contributed by atoms with Crippen molar-refractivity contribution < 1.29 is 14.3 Å². The van der Waals surface area contributed by atoms with Crippen molar-refractivity contribution in [2.45, 2.75) is 38.1 Å². The van der Waals surface area contributed by atoms with E-state index in [1.807, 2.05) is 41.3 Å². The van der Waals surface area contributed by atoms with E-state index >= 15 is 0 Å². The molecule has 3 aliphatic heterocycles. The van der Waals surface area contributed by atoms with Crippen LogP contribution in [-0.4, -0.2) is 51.5 Å². The highest BCUT2D eigenvalue weighted by Gasteiger charge is 2.48. The molecule has 8 heteroatoms. The third-order valence-corrected chi connectivity index (χ3v) is 7.14. The summed E-state index contributed by atoms with van der Waals surface area (Å²) in [7, 11) is 0. The molecule has 2 amide bonds. The summed E-state index contributed by atoms with van der Waals surface area (Å²) in [6, 6.07) is 18.7. The Balaban J connectivity index is 1.40. The van der Waals surface area contributed by atoms with Gasteiger partial charge in [0.15, 0.2) is 5.69 Å². The van der Waals surface area contributed by atoms with Gasteiger partial charge in [-0.2, -0.15) is 0 Å². The quantitative estimate of drug-likeness (QED) is 0.620. The Morgan fingerprint density at radius 1 is 1.00 bits per heavy atom. The highest BCUT2D eigenvalue weighted by molar-refractivity contribution is 5.99. The first-order chi connectivity index (χ1) is 17.1. The number of carbonyl (C=O) groups excluding carboxylic acids is 2. The molecule has 3 aromatic rings. The standard InChI is InChI=1S/C27H26N4O4/c32-24-21(26(33)28-14-18-8-3-1-4-9-18)16-29-17-22-30-13-7-10-19(30)15-31(22)27(34)23(29)25(24)35-20-11-5-2-6-12-20/h1-6,8-9,11-12,16,19,22H,7,10,13-15,17H2,(H,28,33)/t19-,22+/m0/s1. The van der Waals surface area contributed by atoms with Crippen LogP contribution in [0.3, 0.4) is 0 Å². The molecule has 178 valence electrons. The smallest absolute Gasteiger partial charge is 0.275 e. The van der Waals surface area contributed by atoms with Gasteiger partial charge in [-0.25, -0.2) is 0 Å². The molecular weight excluding hydrogens is 444 g/mol. The van der Waals surface area contributed by atoms with Crippen molar-refractivity contribution in [3.8, 4) is 11.5 Å². The van der Waals surface area contributed by atoms with Gasteiger partial charge in [0.05, 0.1) is 6.54 Å². The van der Waals surface area contributed by atoms with Crippen molar-refractivity contribution in [2.75, 3.05) is 13.1 Å². The molecule has 0 saturated carbocycles. The molecule has 35 heavy (non-hydrogen) atoms. The summed E-state index contributed by atoms with van der Waals surface area (Å²) in [5.41, 5.74) is 0.511. The van der Waals surface area contributed by atoms with Crippen molar-refractivity contribution in [1.82, 2.24) is 19.7 Å². The largest absolute Gasteiger partial charge is 0.451 e. The summed E-state index contributed by atoms with van der Waals surface area (Å²) in [4.78, 5) is 44.5. The van der Waals surface area contributed by atoms with Gasteiger partial charge in [0.25, 0.3) is 11.8 Å². The number of ether oxygens (including phenoxy) is 1. The first kappa shape index (κ1) is 21.6. The molecule has 0 aliphatic carbocycles. The number of rotatable bonds is 5. The number of hydrogen-bond acceptors (Lipinski definition) is 5. The van der Waals surface area contributed by atoms with Crippen LogP contribution < -0.4 is 15.5 Å². The van der Waals surface area contributed by atoms with E-state index in [0.29, 0.717) is 31.4 Å². The van der Waals surface area contributed by atoms with Gasteiger partial charge in [-0.3, -0.25) is 19.3 Å². The van der Waals surface area contributed by atoms with Gasteiger partial charge >= 0.3 is 0 Å². The fourth-order valence-corrected chi connectivity index (χ4v) is 5.45. The second-order valence-corrected chi connectivity index (χ2v) is 9.26. The lowest BCUT2D eigenvalue weighted by Gasteiger charge is -2.36. The predicted octanol–water partition coefficient (Wildman–Crippen LogP) is 2.83. The van der Waals surface area contributed by atoms with Crippen molar-refractivity contribution in [3.63, 3.8) is 0 Å². The van der Waals surface area contributed by atoms with Gasteiger partial charge in [0.2, 0.25) is 11.2 Å². The Bertz CT molecular complexity index is 1340. The number of aromatic nitrogens is 1. The van der Waals surface area contributed by atoms with E-state index in [1.54, 1.807) is 28.8 Å². The Kier molecular flexibility index (Phi) is 5.37. The van der Waals surface area contributed by atoms with Crippen molar-refractivity contribution in [3.05, 3.63) is 93.9 Å². The zero-order valence-corrected chi connectivity index (χ0v) is 19.2. The number of hydrogen-bond donors (Lipinski definition) is 1. The van der Waals surface area contributed by atoms with Gasteiger partial charge in [0, 0.05) is 31.9 Å². The van der Waals surface area contributed by atoms with E-state index in [-0.39, 0.29) is 29.1 Å². The molecule has 4 heterocycles. The summed E-state index contributed by atoms with van der Waals surface area (Å²) >= 11 is 0. The second-order valence-electron chi connectivity index (χ2n) is 9.26. The van der Waals surface area contributed by atoms with Gasteiger partial charge in [-0.05, 0) is 30.5 Å². The maximum atomic E-state index is 13.6. The minimum atomic E-state index is -0.586. The third kappa shape index (κ3) is 3.80.